The zero-order valence-electron chi connectivity index (χ0n) is 22.4. The molecule has 0 unspecified atom stereocenters. The van der Waals surface area contributed by atoms with E-state index >= 15 is 0 Å². The summed E-state index contributed by atoms with van der Waals surface area (Å²) in [6.07, 6.45) is 2.51. The van der Waals surface area contributed by atoms with Crippen LogP contribution in [0.1, 0.15) is 41.4 Å². The Morgan fingerprint density at radius 2 is 1.52 bits per heavy atom. The lowest BCUT2D eigenvalue weighted by atomic mass is 10.2. The van der Waals surface area contributed by atoms with Gasteiger partial charge < -0.3 is 9.64 Å². The molecule has 0 radical (unpaired) electrons. The largest absolute Gasteiger partial charge is 0.461 e. The van der Waals surface area contributed by atoms with Crippen molar-refractivity contribution < 1.29 is 9.53 Å². The number of esters is 1. The first kappa shape index (κ1) is 27.4. The highest BCUT2D eigenvalue weighted by molar-refractivity contribution is 7.19. The molecule has 204 valence electrons. The Labute approximate surface area is 240 Å². The van der Waals surface area contributed by atoms with Gasteiger partial charge in [0.05, 0.1) is 34.4 Å². The molecular formula is C28H28N8O2S2. The third-order valence-electron chi connectivity index (χ3n) is 6.11. The predicted octanol–water partition coefficient (Wildman–Crippen LogP) is 9.84. The number of carbonyl (C=O) groups is 1. The van der Waals surface area contributed by atoms with Gasteiger partial charge in [0.25, 0.3) is 0 Å². The van der Waals surface area contributed by atoms with Crippen molar-refractivity contribution in [3.63, 3.8) is 0 Å². The first-order chi connectivity index (χ1) is 19.5. The number of hydrogen-bond donors (Lipinski definition) is 0. The van der Waals surface area contributed by atoms with Crippen molar-refractivity contribution in [3.8, 4) is 0 Å². The van der Waals surface area contributed by atoms with E-state index in [4.69, 9.17) is 4.74 Å². The molecule has 10 nitrogen and oxygen atoms in total. The third kappa shape index (κ3) is 6.88. The fraction of sp³-hybridized carbons (Fsp3) is 0.286. The van der Waals surface area contributed by atoms with Crippen LogP contribution in [0, 0.1) is 13.8 Å². The molecule has 5 rings (SSSR count). The number of rotatable bonds is 9. The van der Waals surface area contributed by atoms with Crippen LogP contribution in [0.25, 0.3) is 0 Å². The predicted molar refractivity (Wildman–Crippen MR) is 159 cm³/mol. The number of thiophene rings is 1. The van der Waals surface area contributed by atoms with E-state index in [1.165, 1.54) is 29.2 Å². The molecule has 40 heavy (non-hydrogen) atoms. The van der Waals surface area contributed by atoms with Crippen molar-refractivity contribution >= 4 is 66.5 Å². The molecule has 1 saturated heterocycles. The van der Waals surface area contributed by atoms with Crippen LogP contribution in [0.4, 0.5) is 37.9 Å². The Bertz CT molecular complexity index is 1580. The van der Waals surface area contributed by atoms with Crippen molar-refractivity contribution in [1.29, 1.82) is 0 Å². The lowest BCUT2D eigenvalue weighted by Gasteiger charge is -2.13. The Morgan fingerprint density at radius 1 is 0.875 bits per heavy atom. The number of carbonyl (C=O) groups excluding carboxylic acids is 1. The average Bonchev–Trinajstić information content (AvgIpc) is 3.73. The van der Waals surface area contributed by atoms with Crippen LogP contribution in [0.3, 0.4) is 0 Å². The van der Waals surface area contributed by atoms with Gasteiger partial charge in [0, 0.05) is 18.5 Å². The fourth-order valence-corrected chi connectivity index (χ4v) is 5.52. The van der Waals surface area contributed by atoms with Gasteiger partial charge in [0.1, 0.15) is 5.00 Å². The Morgan fingerprint density at radius 3 is 2.17 bits per heavy atom. The quantitative estimate of drug-likeness (QED) is 0.146. The number of anilines is 1. The first-order valence-corrected chi connectivity index (χ1v) is 14.6. The van der Waals surface area contributed by atoms with E-state index in [2.05, 4.69) is 46.6 Å². The molecule has 0 N–H and O–H groups in total. The molecule has 1 fully saturated rings. The van der Waals surface area contributed by atoms with Crippen molar-refractivity contribution in [2.24, 2.45) is 30.7 Å². The van der Waals surface area contributed by atoms with Gasteiger partial charge in [-0.15, -0.1) is 31.8 Å². The molecule has 4 aromatic rings. The number of aryl methyl sites for hydroxylation is 2. The SMILES string of the molecule is CCOC(=O)c1csc(/N=N/c2ccc(/N=N/c3ccc(/N=N/c4ccc(N5CCCC5)s4)cc3C)cc2C)n1. The fourth-order valence-electron chi connectivity index (χ4n) is 4.03. The van der Waals surface area contributed by atoms with E-state index < -0.39 is 5.97 Å². The van der Waals surface area contributed by atoms with Crippen LogP contribution in [0.5, 0.6) is 0 Å². The highest BCUT2D eigenvalue weighted by Gasteiger charge is 2.14. The maximum Gasteiger partial charge on any atom is 0.357 e. The van der Waals surface area contributed by atoms with Crippen LogP contribution in [0.2, 0.25) is 0 Å². The molecule has 3 heterocycles. The summed E-state index contributed by atoms with van der Waals surface area (Å²) in [7, 11) is 0. The maximum absolute atomic E-state index is 11.8. The zero-order valence-corrected chi connectivity index (χ0v) is 24.1. The normalized spacial score (nSPS) is 13.8. The second kappa shape index (κ2) is 12.8. The minimum Gasteiger partial charge on any atom is -0.461 e. The van der Waals surface area contributed by atoms with Gasteiger partial charge in [-0.25, -0.2) is 9.78 Å². The topological polar surface area (TPSA) is 117 Å². The Kier molecular flexibility index (Phi) is 8.77. The van der Waals surface area contributed by atoms with E-state index in [0.29, 0.717) is 23.1 Å². The molecule has 0 spiro atoms. The second-order valence-electron chi connectivity index (χ2n) is 9.08. The van der Waals surface area contributed by atoms with Gasteiger partial charge in [-0.3, -0.25) is 0 Å². The van der Waals surface area contributed by atoms with E-state index in [1.54, 1.807) is 23.6 Å². The Balaban J connectivity index is 1.20. The molecule has 0 amide bonds. The summed E-state index contributed by atoms with van der Waals surface area (Å²) >= 11 is 2.90. The summed E-state index contributed by atoms with van der Waals surface area (Å²) in [5.74, 6) is -0.467. The highest BCUT2D eigenvalue weighted by Crippen LogP contribution is 2.35. The number of ether oxygens (including phenoxy) is 1. The number of hydrogen-bond acceptors (Lipinski definition) is 12. The smallest absolute Gasteiger partial charge is 0.357 e. The van der Waals surface area contributed by atoms with E-state index in [9.17, 15) is 4.79 Å². The van der Waals surface area contributed by atoms with Crippen LogP contribution in [-0.2, 0) is 4.74 Å². The van der Waals surface area contributed by atoms with Gasteiger partial charge in [0.15, 0.2) is 5.69 Å². The maximum atomic E-state index is 11.8. The number of azo groups is 3. The molecule has 2 aromatic heterocycles. The van der Waals surface area contributed by atoms with Gasteiger partial charge >= 0.3 is 5.97 Å². The summed E-state index contributed by atoms with van der Waals surface area (Å²) in [6, 6.07) is 15.4. The molecule has 12 heteroatoms. The number of aromatic nitrogens is 1. The van der Waals surface area contributed by atoms with E-state index in [1.807, 2.05) is 56.3 Å². The van der Waals surface area contributed by atoms with Crippen molar-refractivity contribution in [2.75, 3.05) is 24.6 Å². The molecule has 1 aliphatic heterocycles. The van der Waals surface area contributed by atoms with Crippen LogP contribution < -0.4 is 4.90 Å². The molecule has 0 saturated carbocycles. The summed E-state index contributed by atoms with van der Waals surface area (Å²) in [5, 5.41) is 30.2. The van der Waals surface area contributed by atoms with Crippen LogP contribution in [-0.4, -0.2) is 30.6 Å². The molecule has 0 bridgehead atoms. The first-order valence-electron chi connectivity index (χ1n) is 12.9. The van der Waals surface area contributed by atoms with E-state index in [0.717, 1.165) is 40.6 Å². The molecule has 1 aliphatic rings. The van der Waals surface area contributed by atoms with E-state index in [-0.39, 0.29) is 5.69 Å². The van der Waals surface area contributed by atoms with Gasteiger partial charge in [0.2, 0.25) is 5.13 Å². The minimum atomic E-state index is -0.467. The average molecular weight is 573 g/mol. The molecular weight excluding hydrogens is 544 g/mol. The van der Waals surface area contributed by atoms with Gasteiger partial charge in [-0.05, 0) is 93.3 Å². The van der Waals surface area contributed by atoms with Crippen molar-refractivity contribution in [3.05, 3.63) is 70.7 Å². The lowest BCUT2D eigenvalue weighted by Crippen LogP contribution is -2.15. The standard InChI is InChI=1S/C28H28N8O2S2/c1-4-38-27(37)24-17-39-28(29-24)35-33-23-10-7-20(15-19(23)3)30-32-22-9-8-21(16-18(22)2)31-34-25-11-12-26(40-25)36-13-5-6-14-36/h7-12,15-17H,4-6,13-14H2,1-3H3/b32-30+,34-31+,35-33+. The summed E-state index contributed by atoms with van der Waals surface area (Å²) < 4.78 is 4.95. The monoisotopic (exact) mass is 572 g/mol. The minimum absolute atomic E-state index is 0.230. The van der Waals surface area contributed by atoms with Gasteiger partial charge in [-0.2, -0.15) is 10.2 Å². The zero-order chi connectivity index (χ0) is 27.9. The summed E-state index contributed by atoms with van der Waals surface area (Å²) in [5.41, 5.74) is 4.98. The highest BCUT2D eigenvalue weighted by atomic mass is 32.1. The van der Waals surface area contributed by atoms with Crippen LogP contribution in [0.15, 0.2) is 84.6 Å². The number of thiazole rings is 1. The van der Waals surface area contributed by atoms with Crippen LogP contribution >= 0.6 is 22.7 Å². The molecule has 0 atom stereocenters. The molecule has 2 aromatic carbocycles. The number of benzene rings is 2. The summed E-state index contributed by atoms with van der Waals surface area (Å²) in [6.45, 7) is 8.18. The number of nitrogens with zero attached hydrogens (tertiary/aromatic N) is 8. The lowest BCUT2D eigenvalue weighted by molar-refractivity contribution is 0.0520. The van der Waals surface area contributed by atoms with Crippen molar-refractivity contribution in [1.82, 2.24) is 4.98 Å². The van der Waals surface area contributed by atoms with Crippen molar-refractivity contribution in [2.45, 2.75) is 33.6 Å². The third-order valence-corrected chi connectivity index (χ3v) is 7.87. The van der Waals surface area contributed by atoms with Gasteiger partial charge in [-0.1, -0.05) is 11.3 Å². The molecule has 0 aliphatic carbocycles. The second-order valence-corrected chi connectivity index (χ2v) is 11.0. The summed E-state index contributed by atoms with van der Waals surface area (Å²) in [4.78, 5) is 18.3. The Hall–Kier alpha value is -4.16.